The molecule has 3 fully saturated rings. The SMILES string of the molecule is CC/C=C\C/C=C\C/C=C\C/C=C\C/C=C\C/C=C\C/C=C\C/C=C\C/C=C\C/C=C\CCCCCCCCCCCCC(=O)NC(COC1OC(CO)C(OC2OC(CO)C(OC3OC(CO)C(O)C(O)C3O)C(O)C2O)C(O)C1O)C(O)/C=C/CC/C=C/CC/C=C/CCCCCCCCCCCC. The first-order valence-corrected chi connectivity index (χ1v) is 40.7. The topological polar surface area (TPSA) is 307 Å². The average Bonchev–Trinajstić information content (AvgIpc) is 0.780. The van der Waals surface area contributed by atoms with E-state index in [-0.39, 0.29) is 18.9 Å². The van der Waals surface area contributed by atoms with Crippen molar-refractivity contribution in [2.75, 3.05) is 26.4 Å². The fourth-order valence-corrected chi connectivity index (χ4v) is 12.5. The number of nitrogens with one attached hydrogen (secondary N) is 1. The summed E-state index contributed by atoms with van der Waals surface area (Å²) in [6.45, 7) is 1.58. The molecule has 0 aromatic heterocycles. The van der Waals surface area contributed by atoms with Crippen LogP contribution in [-0.4, -0.2) is 193 Å². The van der Waals surface area contributed by atoms with Gasteiger partial charge in [0.1, 0.15) is 73.2 Å². The van der Waals surface area contributed by atoms with Gasteiger partial charge >= 0.3 is 0 Å². The fourth-order valence-electron chi connectivity index (χ4n) is 12.5. The summed E-state index contributed by atoms with van der Waals surface area (Å²) in [4.78, 5) is 13.5. The third kappa shape index (κ3) is 44.3. The summed E-state index contributed by atoms with van der Waals surface area (Å²) in [6, 6.07) is -1.01. The molecule has 17 unspecified atom stereocenters. The van der Waals surface area contributed by atoms with Gasteiger partial charge in [0.05, 0.1) is 38.6 Å². The van der Waals surface area contributed by atoms with E-state index in [1.165, 1.54) is 96.3 Å². The Morgan fingerprint density at radius 2 is 0.660 bits per heavy atom. The predicted molar refractivity (Wildman–Crippen MR) is 424 cm³/mol. The number of hydrogen-bond acceptors (Lipinski definition) is 18. The monoisotopic (exact) mass is 1490 g/mol. The lowest BCUT2D eigenvalue weighted by atomic mass is 9.96. The minimum absolute atomic E-state index is 0.217. The Morgan fingerprint density at radius 1 is 0.349 bits per heavy atom. The van der Waals surface area contributed by atoms with Gasteiger partial charge in [-0.25, -0.2) is 0 Å². The molecule has 106 heavy (non-hydrogen) atoms. The van der Waals surface area contributed by atoms with Gasteiger partial charge in [-0.1, -0.05) is 281 Å². The zero-order chi connectivity index (χ0) is 76.7. The van der Waals surface area contributed by atoms with E-state index in [0.717, 1.165) is 122 Å². The minimum atomic E-state index is -1.99. The number of amides is 1. The highest BCUT2D eigenvalue weighted by Crippen LogP contribution is 2.33. The summed E-state index contributed by atoms with van der Waals surface area (Å²) in [7, 11) is 0. The van der Waals surface area contributed by atoms with Crippen molar-refractivity contribution in [3.63, 3.8) is 0 Å². The predicted octanol–water partition coefficient (Wildman–Crippen LogP) is 14.0. The summed E-state index contributed by atoms with van der Waals surface area (Å²) in [5.74, 6) is -0.300. The Bertz CT molecular complexity index is 2530. The van der Waals surface area contributed by atoms with Crippen LogP contribution in [0.4, 0.5) is 0 Å². The second kappa shape index (κ2) is 65.2. The maximum Gasteiger partial charge on any atom is 0.220 e. The molecule has 3 heterocycles. The molecule has 0 radical (unpaired) electrons. The average molecular weight is 1490 g/mol. The quantitative estimate of drug-likeness (QED) is 0.0199. The maximum absolute atomic E-state index is 13.5. The van der Waals surface area contributed by atoms with E-state index in [1.54, 1.807) is 6.08 Å². The number of allylic oxidation sites excluding steroid dienone is 25. The Morgan fingerprint density at radius 3 is 1.06 bits per heavy atom. The number of rotatable bonds is 62. The maximum atomic E-state index is 13.5. The summed E-state index contributed by atoms with van der Waals surface area (Å²) in [5.41, 5.74) is 0. The number of carbonyl (C=O) groups is 1. The van der Waals surface area contributed by atoms with Gasteiger partial charge in [0.25, 0.3) is 0 Å². The number of aliphatic hydroxyl groups excluding tert-OH is 11. The zero-order valence-corrected chi connectivity index (χ0v) is 64.6. The van der Waals surface area contributed by atoms with Gasteiger partial charge < -0.3 is 89.9 Å². The zero-order valence-electron chi connectivity index (χ0n) is 64.6. The van der Waals surface area contributed by atoms with Crippen molar-refractivity contribution in [3.05, 3.63) is 158 Å². The molecule has 17 atom stereocenters. The standard InChI is InChI=1S/C87H143NO18/c1-3-5-7-9-11-13-15-17-19-21-23-25-26-27-28-29-30-31-32-33-34-35-36-37-38-39-40-41-42-43-44-45-47-49-51-53-55-57-59-61-63-65-75(93)88-70(71(92)64-62-60-58-56-54-52-50-48-46-24-22-20-18-16-14-12-10-8-6-4-2)69-101-85-81(99)78(96)83(73(67-90)103-85)106-87-82(100)79(97)84(74(68-91)104-87)105-86-80(98)77(95)76(94)72(66-89)102-86/h5,7,11,13,17,19,23,25,27-28,30-31,33-34,36-37,39-40,42-43,46,48,54,56,62,64,70-74,76-87,89-92,94-100H,3-4,6,8-10,12,14-16,18,20-22,24,26,29,32,35,38,41,44-45,47,49-53,55,57-61,63,65-69H2,1-2H3,(H,88,93)/b7-5-,13-11-,19-17-,25-23-,28-27-,31-30-,34-33-,37-36-,40-39-,43-42-,48-46+,56-54+,64-62+. The second-order valence-corrected chi connectivity index (χ2v) is 28.1. The molecule has 3 rings (SSSR count). The molecule has 0 aliphatic carbocycles. The van der Waals surface area contributed by atoms with Crippen molar-refractivity contribution in [3.8, 4) is 0 Å². The van der Waals surface area contributed by atoms with Crippen LogP contribution in [0, 0.1) is 0 Å². The van der Waals surface area contributed by atoms with Crippen LogP contribution in [-0.2, 0) is 33.2 Å². The van der Waals surface area contributed by atoms with Crippen LogP contribution in [0.25, 0.3) is 0 Å². The smallest absolute Gasteiger partial charge is 0.220 e. The first-order chi connectivity index (χ1) is 51.8. The van der Waals surface area contributed by atoms with Gasteiger partial charge in [0, 0.05) is 6.42 Å². The van der Waals surface area contributed by atoms with E-state index in [1.807, 2.05) is 6.08 Å². The lowest BCUT2D eigenvalue weighted by Gasteiger charge is -2.48. The van der Waals surface area contributed by atoms with Crippen LogP contribution in [0.2, 0.25) is 0 Å². The molecule has 3 aliphatic heterocycles. The normalized spacial score (nSPS) is 26.5. The molecule has 0 saturated carbocycles. The van der Waals surface area contributed by atoms with Crippen LogP contribution in [0.3, 0.4) is 0 Å². The van der Waals surface area contributed by atoms with Crippen molar-refractivity contribution < 1.29 is 89.4 Å². The van der Waals surface area contributed by atoms with Gasteiger partial charge in [-0.2, -0.15) is 0 Å². The molecule has 604 valence electrons. The van der Waals surface area contributed by atoms with Crippen LogP contribution >= 0.6 is 0 Å². The van der Waals surface area contributed by atoms with E-state index >= 15 is 0 Å². The molecule has 0 spiro atoms. The highest BCUT2D eigenvalue weighted by atomic mass is 16.8. The number of ether oxygens (including phenoxy) is 6. The molecule has 12 N–H and O–H groups in total. The van der Waals surface area contributed by atoms with Crippen molar-refractivity contribution in [1.82, 2.24) is 5.32 Å². The number of carbonyl (C=O) groups excluding carboxylic acids is 1. The molecular formula is C87H143NO18. The minimum Gasteiger partial charge on any atom is -0.394 e. The number of aliphatic hydroxyl groups is 11. The molecule has 3 aliphatic rings. The van der Waals surface area contributed by atoms with Gasteiger partial charge in [0.2, 0.25) is 5.91 Å². The number of hydrogen-bond donors (Lipinski definition) is 12. The number of unbranched alkanes of at least 4 members (excludes halogenated alkanes) is 22. The lowest BCUT2D eigenvalue weighted by molar-refractivity contribution is -0.379. The van der Waals surface area contributed by atoms with Crippen molar-refractivity contribution in [2.24, 2.45) is 0 Å². The van der Waals surface area contributed by atoms with E-state index < -0.39 is 124 Å². The molecule has 0 bridgehead atoms. The molecule has 0 aromatic carbocycles. The summed E-state index contributed by atoms with van der Waals surface area (Å²) in [5, 5.41) is 121. The van der Waals surface area contributed by atoms with Crippen molar-refractivity contribution in [1.29, 1.82) is 0 Å². The molecule has 19 nitrogen and oxygen atoms in total. The van der Waals surface area contributed by atoms with Crippen LogP contribution in [0.15, 0.2) is 158 Å². The van der Waals surface area contributed by atoms with Gasteiger partial charge in [-0.15, -0.1) is 0 Å². The van der Waals surface area contributed by atoms with Gasteiger partial charge in [0.15, 0.2) is 18.9 Å². The van der Waals surface area contributed by atoms with E-state index in [2.05, 4.69) is 165 Å². The Hall–Kier alpha value is -4.59. The molecular weight excluding hydrogens is 1350 g/mol. The largest absolute Gasteiger partial charge is 0.394 e. The van der Waals surface area contributed by atoms with Crippen LogP contribution < -0.4 is 5.32 Å². The van der Waals surface area contributed by atoms with Gasteiger partial charge in [-0.3, -0.25) is 4.79 Å². The van der Waals surface area contributed by atoms with Crippen LogP contribution in [0.1, 0.15) is 251 Å². The first-order valence-electron chi connectivity index (χ1n) is 40.7. The lowest BCUT2D eigenvalue weighted by Crippen LogP contribution is -2.66. The second-order valence-electron chi connectivity index (χ2n) is 28.1. The fraction of sp³-hybridized carbons (Fsp3) is 0.690. The summed E-state index contributed by atoms with van der Waals surface area (Å²) in [6.07, 6.45) is 69.4. The molecule has 19 heteroatoms. The highest BCUT2D eigenvalue weighted by molar-refractivity contribution is 5.76. The first kappa shape index (κ1) is 95.6. The van der Waals surface area contributed by atoms with E-state index in [0.29, 0.717) is 12.8 Å². The summed E-state index contributed by atoms with van der Waals surface area (Å²) >= 11 is 0. The van der Waals surface area contributed by atoms with E-state index in [4.69, 9.17) is 28.4 Å². The highest BCUT2D eigenvalue weighted by Gasteiger charge is 2.54. The third-order valence-electron chi connectivity index (χ3n) is 19.0. The van der Waals surface area contributed by atoms with Crippen molar-refractivity contribution >= 4 is 5.91 Å². The molecule has 3 saturated heterocycles. The Labute approximate surface area is 637 Å². The Kier molecular flexibility index (Phi) is 58.8. The van der Waals surface area contributed by atoms with Gasteiger partial charge in [-0.05, 0) is 122 Å². The Balaban J connectivity index is 1.35. The van der Waals surface area contributed by atoms with Crippen molar-refractivity contribution in [2.45, 2.75) is 356 Å². The van der Waals surface area contributed by atoms with E-state index in [9.17, 15) is 61.0 Å². The summed E-state index contributed by atoms with van der Waals surface area (Å²) < 4.78 is 34.4. The molecule has 1 amide bonds. The third-order valence-corrected chi connectivity index (χ3v) is 19.0. The molecule has 0 aromatic rings. The van der Waals surface area contributed by atoms with Crippen LogP contribution in [0.5, 0.6) is 0 Å².